The number of amidine groups is 1. The molecule has 2 heterocycles. The smallest absolute Gasteiger partial charge is 0.289 e. The molecule has 25 heavy (non-hydrogen) atoms. The summed E-state index contributed by atoms with van der Waals surface area (Å²) in [5, 5.41) is 2.46. The van der Waals surface area contributed by atoms with E-state index in [-0.39, 0.29) is 11.1 Å². The topological polar surface area (TPSA) is 67.2 Å². The molecule has 7 heteroatoms. The van der Waals surface area contributed by atoms with Gasteiger partial charge in [-0.15, -0.1) is 0 Å². The zero-order valence-corrected chi connectivity index (χ0v) is 13.6. The lowest BCUT2D eigenvalue weighted by Crippen LogP contribution is -2.18. The Labute approximate surface area is 146 Å². The highest BCUT2D eigenvalue weighted by Gasteiger charge is 2.23. The van der Waals surface area contributed by atoms with Gasteiger partial charge in [0.25, 0.3) is 5.24 Å². The van der Waals surface area contributed by atoms with Gasteiger partial charge >= 0.3 is 0 Å². The summed E-state index contributed by atoms with van der Waals surface area (Å²) in [6.07, 6.45) is 5.11. The number of hydrogen-bond acceptors (Lipinski definition) is 5. The molecule has 0 unspecified atom stereocenters. The van der Waals surface area contributed by atoms with Crippen molar-refractivity contribution in [3.63, 3.8) is 0 Å². The Morgan fingerprint density at radius 3 is 2.76 bits per heavy atom. The Morgan fingerprint density at radius 1 is 1.08 bits per heavy atom. The van der Waals surface area contributed by atoms with E-state index in [9.17, 15) is 9.18 Å². The minimum atomic E-state index is -0.377. The standard InChI is InChI=1S/C18H11FN4OS/c19-12-2-1-3-13(10-12)22-17-16(25-18(24)23-17)9-11-4-5-14-15(8-11)21-7-6-20-14/h1-10H,(H,22,23,24). The zero-order valence-electron chi connectivity index (χ0n) is 12.8. The number of rotatable bonds is 2. The van der Waals surface area contributed by atoms with Crippen LogP contribution in [0.4, 0.5) is 14.9 Å². The summed E-state index contributed by atoms with van der Waals surface area (Å²) in [4.78, 5) is 25.3. The predicted molar refractivity (Wildman–Crippen MR) is 97.1 cm³/mol. The molecule has 1 aliphatic rings. The van der Waals surface area contributed by atoms with Crippen molar-refractivity contribution in [1.82, 2.24) is 15.3 Å². The number of thioether (sulfide) groups is 1. The lowest BCUT2D eigenvalue weighted by atomic mass is 10.1. The second kappa shape index (κ2) is 6.45. The Bertz CT molecular complexity index is 1050. The Balaban J connectivity index is 1.73. The number of aliphatic imine (C=N–C) groups is 1. The van der Waals surface area contributed by atoms with Crippen molar-refractivity contribution in [2.24, 2.45) is 4.99 Å². The van der Waals surface area contributed by atoms with Crippen LogP contribution in [0.1, 0.15) is 5.56 Å². The fourth-order valence-corrected chi connectivity index (χ4v) is 3.14. The molecule has 0 bridgehead atoms. The molecule has 0 aliphatic carbocycles. The van der Waals surface area contributed by atoms with Crippen molar-refractivity contribution < 1.29 is 9.18 Å². The van der Waals surface area contributed by atoms with E-state index in [1.807, 2.05) is 24.3 Å². The van der Waals surface area contributed by atoms with Gasteiger partial charge in [-0.25, -0.2) is 9.38 Å². The molecule has 1 saturated heterocycles. The number of amides is 1. The van der Waals surface area contributed by atoms with E-state index in [1.54, 1.807) is 24.5 Å². The average molecular weight is 350 g/mol. The molecule has 1 N–H and O–H groups in total. The van der Waals surface area contributed by atoms with Crippen molar-refractivity contribution in [2.45, 2.75) is 0 Å². The molecule has 1 aliphatic heterocycles. The minimum absolute atomic E-state index is 0.220. The average Bonchev–Trinajstić information content (AvgIpc) is 2.94. The summed E-state index contributed by atoms with van der Waals surface area (Å²) >= 11 is 1.05. The van der Waals surface area contributed by atoms with Crippen LogP contribution in [0.2, 0.25) is 0 Å². The van der Waals surface area contributed by atoms with Crippen LogP contribution in [-0.2, 0) is 0 Å². The molecule has 0 saturated carbocycles. The molecule has 122 valence electrons. The van der Waals surface area contributed by atoms with Crippen LogP contribution in [0.5, 0.6) is 0 Å². The maximum Gasteiger partial charge on any atom is 0.289 e. The molecule has 1 amide bonds. The summed E-state index contributed by atoms with van der Waals surface area (Å²) in [5.41, 5.74) is 2.88. The van der Waals surface area contributed by atoms with Gasteiger partial charge in [0.2, 0.25) is 0 Å². The number of fused-ring (bicyclic) bond motifs is 1. The number of nitrogens with one attached hydrogen (secondary N) is 1. The first-order chi connectivity index (χ1) is 12.2. The number of nitrogens with zero attached hydrogens (tertiary/aromatic N) is 3. The number of aromatic nitrogens is 2. The fraction of sp³-hybridized carbons (Fsp3) is 0. The summed E-state index contributed by atoms with van der Waals surface area (Å²) in [6.45, 7) is 0. The van der Waals surface area contributed by atoms with Crippen molar-refractivity contribution in [3.8, 4) is 0 Å². The molecule has 1 fully saturated rings. The second-order valence-corrected chi connectivity index (χ2v) is 6.28. The molecule has 0 spiro atoms. The van der Waals surface area contributed by atoms with Crippen LogP contribution in [-0.4, -0.2) is 21.0 Å². The Morgan fingerprint density at radius 2 is 1.92 bits per heavy atom. The van der Waals surface area contributed by atoms with Gasteiger partial charge in [-0.2, -0.15) is 0 Å². The van der Waals surface area contributed by atoms with Crippen molar-refractivity contribution in [3.05, 3.63) is 71.1 Å². The van der Waals surface area contributed by atoms with E-state index in [2.05, 4.69) is 20.3 Å². The van der Waals surface area contributed by atoms with E-state index < -0.39 is 0 Å². The van der Waals surface area contributed by atoms with Crippen LogP contribution in [0.3, 0.4) is 0 Å². The van der Waals surface area contributed by atoms with E-state index in [0.29, 0.717) is 16.4 Å². The number of halogens is 1. The van der Waals surface area contributed by atoms with Crippen molar-refractivity contribution in [2.75, 3.05) is 0 Å². The molecule has 0 radical (unpaired) electrons. The van der Waals surface area contributed by atoms with E-state index in [0.717, 1.165) is 28.4 Å². The number of carbonyl (C=O) groups excluding carboxylic acids is 1. The van der Waals surface area contributed by atoms with E-state index >= 15 is 0 Å². The van der Waals surface area contributed by atoms with Gasteiger partial charge in [0.15, 0.2) is 0 Å². The van der Waals surface area contributed by atoms with E-state index in [1.165, 1.54) is 12.1 Å². The molecule has 1 aromatic heterocycles. The van der Waals surface area contributed by atoms with Crippen LogP contribution < -0.4 is 5.32 Å². The van der Waals surface area contributed by atoms with Gasteiger partial charge in [0, 0.05) is 12.4 Å². The lowest BCUT2D eigenvalue weighted by molar-refractivity contribution is 0.265. The van der Waals surface area contributed by atoms with E-state index in [4.69, 9.17) is 0 Å². The third-order valence-electron chi connectivity index (χ3n) is 3.50. The molecule has 3 aromatic rings. The summed E-state index contributed by atoms with van der Waals surface area (Å²) in [7, 11) is 0. The molecule has 0 atom stereocenters. The summed E-state index contributed by atoms with van der Waals surface area (Å²) in [5.74, 6) is 0.0253. The monoisotopic (exact) mass is 350 g/mol. The second-order valence-electron chi connectivity index (χ2n) is 5.27. The highest BCUT2D eigenvalue weighted by molar-refractivity contribution is 8.18. The van der Waals surface area contributed by atoms with Crippen molar-refractivity contribution in [1.29, 1.82) is 0 Å². The zero-order chi connectivity index (χ0) is 17.2. The first kappa shape index (κ1) is 15.5. The quantitative estimate of drug-likeness (QED) is 0.748. The normalized spacial score (nSPS) is 17.4. The van der Waals surface area contributed by atoms with Crippen LogP contribution in [0.15, 0.2) is 64.8 Å². The molecular formula is C18H11FN4OS. The van der Waals surface area contributed by atoms with Gasteiger partial charge in [0.1, 0.15) is 11.7 Å². The van der Waals surface area contributed by atoms with Gasteiger partial charge < -0.3 is 5.32 Å². The summed E-state index contributed by atoms with van der Waals surface area (Å²) in [6, 6.07) is 11.6. The van der Waals surface area contributed by atoms with Gasteiger partial charge in [-0.1, -0.05) is 12.1 Å². The summed E-state index contributed by atoms with van der Waals surface area (Å²) < 4.78 is 13.3. The van der Waals surface area contributed by atoms with Gasteiger partial charge in [-0.05, 0) is 53.7 Å². The predicted octanol–water partition coefficient (Wildman–Crippen LogP) is 4.30. The first-order valence-electron chi connectivity index (χ1n) is 7.43. The first-order valence-corrected chi connectivity index (χ1v) is 8.25. The number of carbonyl (C=O) groups is 1. The van der Waals surface area contributed by atoms with Gasteiger partial charge in [-0.3, -0.25) is 14.8 Å². The van der Waals surface area contributed by atoms with Crippen LogP contribution >= 0.6 is 11.8 Å². The van der Waals surface area contributed by atoms with Crippen molar-refractivity contribution >= 4 is 45.6 Å². The Kier molecular flexibility index (Phi) is 3.99. The maximum atomic E-state index is 13.3. The van der Waals surface area contributed by atoms with Crippen LogP contribution in [0, 0.1) is 5.82 Å². The number of benzene rings is 2. The third kappa shape index (κ3) is 3.41. The van der Waals surface area contributed by atoms with Crippen LogP contribution in [0.25, 0.3) is 17.1 Å². The third-order valence-corrected chi connectivity index (χ3v) is 4.32. The molecule has 5 nitrogen and oxygen atoms in total. The highest BCUT2D eigenvalue weighted by atomic mass is 32.2. The maximum absolute atomic E-state index is 13.3. The molecule has 2 aromatic carbocycles. The fourth-order valence-electron chi connectivity index (χ4n) is 2.41. The Hall–Kier alpha value is -3.06. The minimum Gasteiger partial charge on any atom is -0.300 e. The molecule has 4 rings (SSSR count). The van der Waals surface area contributed by atoms with Gasteiger partial charge in [0.05, 0.1) is 21.6 Å². The lowest BCUT2D eigenvalue weighted by Gasteiger charge is -2.01. The highest BCUT2D eigenvalue weighted by Crippen LogP contribution is 2.29. The molecular weight excluding hydrogens is 339 g/mol. The number of hydrogen-bond donors (Lipinski definition) is 1. The SMILES string of the molecule is O=C1NC(=Nc2cccc(F)c2)C(=Cc2ccc3nccnc3c2)S1. The largest absolute Gasteiger partial charge is 0.300 e.